The lowest BCUT2D eigenvalue weighted by Crippen LogP contribution is -2.13. The van der Waals surface area contributed by atoms with Crippen molar-refractivity contribution in [2.75, 3.05) is 13.2 Å². The summed E-state index contributed by atoms with van der Waals surface area (Å²) in [5.41, 5.74) is 1.28. The standard InChI is InChI=1S/C13H16O4/c14-13(15)11-5-3-10(4-6-11)8-16-9-12-2-1-7-17-12/h3-6,12H,1-2,7-9H2,(H,14,15). The topological polar surface area (TPSA) is 55.8 Å². The molecule has 17 heavy (non-hydrogen) atoms. The molecule has 0 aliphatic carbocycles. The van der Waals surface area contributed by atoms with Gasteiger partial charge in [-0.1, -0.05) is 12.1 Å². The summed E-state index contributed by atoms with van der Waals surface area (Å²) in [7, 11) is 0. The molecule has 1 aromatic rings. The summed E-state index contributed by atoms with van der Waals surface area (Å²) in [5, 5.41) is 8.75. The van der Waals surface area contributed by atoms with Gasteiger partial charge in [-0.25, -0.2) is 4.79 Å². The lowest BCUT2D eigenvalue weighted by Gasteiger charge is -2.10. The molecule has 0 amide bonds. The van der Waals surface area contributed by atoms with E-state index in [1.165, 1.54) is 0 Å². The average molecular weight is 236 g/mol. The molecule has 1 aromatic carbocycles. The van der Waals surface area contributed by atoms with Crippen molar-refractivity contribution in [2.45, 2.75) is 25.6 Å². The van der Waals surface area contributed by atoms with E-state index in [2.05, 4.69) is 0 Å². The van der Waals surface area contributed by atoms with Crippen LogP contribution in [0, 0.1) is 0 Å². The Morgan fingerprint density at radius 2 is 2.18 bits per heavy atom. The summed E-state index contributed by atoms with van der Waals surface area (Å²) < 4.78 is 11.0. The van der Waals surface area contributed by atoms with Gasteiger partial charge in [-0.15, -0.1) is 0 Å². The first kappa shape index (κ1) is 12.1. The minimum Gasteiger partial charge on any atom is -0.478 e. The minimum absolute atomic E-state index is 0.230. The molecule has 4 nitrogen and oxygen atoms in total. The smallest absolute Gasteiger partial charge is 0.335 e. The maximum absolute atomic E-state index is 10.7. The molecule has 0 saturated carbocycles. The van der Waals surface area contributed by atoms with Crippen LogP contribution in [0.5, 0.6) is 0 Å². The predicted molar refractivity (Wildman–Crippen MR) is 62.0 cm³/mol. The Balaban J connectivity index is 1.76. The van der Waals surface area contributed by atoms with Gasteiger partial charge in [0.25, 0.3) is 0 Å². The number of aromatic carboxylic acids is 1. The van der Waals surface area contributed by atoms with Crippen molar-refractivity contribution < 1.29 is 19.4 Å². The maximum Gasteiger partial charge on any atom is 0.335 e. The summed E-state index contributed by atoms with van der Waals surface area (Å²) in [6, 6.07) is 6.73. The van der Waals surface area contributed by atoms with E-state index in [1.54, 1.807) is 24.3 Å². The molecule has 0 radical (unpaired) electrons. The van der Waals surface area contributed by atoms with E-state index in [9.17, 15) is 4.79 Å². The van der Waals surface area contributed by atoms with Crippen molar-refractivity contribution in [3.63, 3.8) is 0 Å². The van der Waals surface area contributed by atoms with E-state index < -0.39 is 5.97 Å². The molecule has 0 spiro atoms. The quantitative estimate of drug-likeness (QED) is 0.850. The van der Waals surface area contributed by atoms with Gasteiger partial charge in [-0.3, -0.25) is 0 Å². The molecule has 92 valence electrons. The van der Waals surface area contributed by atoms with Gasteiger partial charge in [0.05, 0.1) is 24.9 Å². The van der Waals surface area contributed by atoms with E-state index in [0.717, 1.165) is 25.0 Å². The van der Waals surface area contributed by atoms with Gasteiger partial charge in [-0.2, -0.15) is 0 Å². The van der Waals surface area contributed by atoms with Crippen LogP contribution in [-0.4, -0.2) is 30.4 Å². The molecule has 1 saturated heterocycles. The Bertz CT molecular complexity index is 366. The zero-order valence-corrected chi connectivity index (χ0v) is 9.59. The van der Waals surface area contributed by atoms with Crippen LogP contribution in [-0.2, 0) is 16.1 Å². The Hall–Kier alpha value is -1.39. The van der Waals surface area contributed by atoms with Crippen molar-refractivity contribution in [1.82, 2.24) is 0 Å². The highest BCUT2D eigenvalue weighted by Crippen LogP contribution is 2.13. The molecule has 1 aliphatic rings. The van der Waals surface area contributed by atoms with Crippen molar-refractivity contribution in [3.8, 4) is 0 Å². The Morgan fingerprint density at radius 3 is 2.76 bits per heavy atom. The van der Waals surface area contributed by atoms with E-state index in [-0.39, 0.29) is 6.10 Å². The minimum atomic E-state index is -0.906. The van der Waals surface area contributed by atoms with Crippen LogP contribution in [0.25, 0.3) is 0 Å². The van der Waals surface area contributed by atoms with Crippen LogP contribution < -0.4 is 0 Å². The average Bonchev–Trinajstić information content (AvgIpc) is 2.83. The van der Waals surface area contributed by atoms with Crippen molar-refractivity contribution in [2.24, 2.45) is 0 Å². The highest BCUT2D eigenvalue weighted by molar-refractivity contribution is 5.87. The number of hydrogen-bond acceptors (Lipinski definition) is 3. The number of rotatable bonds is 5. The summed E-state index contributed by atoms with van der Waals surface area (Å²) in [5.74, 6) is -0.906. The van der Waals surface area contributed by atoms with Crippen molar-refractivity contribution >= 4 is 5.97 Å². The maximum atomic E-state index is 10.7. The SMILES string of the molecule is O=C(O)c1ccc(COCC2CCCO2)cc1. The molecule has 2 rings (SSSR count). The molecule has 1 aliphatic heterocycles. The van der Waals surface area contributed by atoms with Crippen LogP contribution in [0.15, 0.2) is 24.3 Å². The third kappa shape index (κ3) is 3.54. The molecule has 1 unspecified atom stereocenters. The van der Waals surface area contributed by atoms with E-state index in [1.807, 2.05) is 0 Å². The first-order valence-corrected chi connectivity index (χ1v) is 5.77. The zero-order valence-electron chi connectivity index (χ0n) is 9.59. The van der Waals surface area contributed by atoms with Crippen molar-refractivity contribution in [1.29, 1.82) is 0 Å². The van der Waals surface area contributed by atoms with Crippen molar-refractivity contribution in [3.05, 3.63) is 35.4 Å². The Labute approximate surface area is 100 Å². The molecular formula is C13H16O4. The van der Waals surface area contributed by atoms with Gasteiger partial charge in [-0.05, 0) is 30.5 Å². The molecule has 0 bridgehead atoms. The Kier molecular flexibility index (Phi) is 4.12. The summed E-state index contributed by atoms with van der Waals surface area (Å²) in [6.07, 6.45) is 2.41. The van der Waals surface area contributed by atoms with Gasteiger partial charge in [0.1, 0.15) is 0 Å². The molecule has 1 heterocycles. The largest absolute Gasteiger partial charge is 0.478 e. The van der Waals surface area contributed by atoms with E-state index in [4.69, 9.17) is 14.6 Å². The molecule has 1 fully saturated rings. The number of carbonyl (C=O) groups is 1. The van der Waals surface area contributed by atoms with Gasteiger partial charge >= 0.3 is 5.97 Å². The molecule has 0 aromatic heterocycles. The number of benzene rings is 1. The Morgan fingerprint density at radius 1 is 1.41 bits per heavy atom. The highest BCUT2D eigenvalue weighted by Gasteiger charge is 2.15. The summed E-state index contributed by atoms with van der Waals surface area (Å²) in [6.45, 7) is 1.95. The molecule has 1 atom stereocenters. The second-order valence-electron chi connectivity index (χ2n) is 4.15. The lowest BCUT2D eigenvalue weighted by molar-refractivity contribution is 0.0106. The van der Waals surface area contributed by atoms with E-state index >= 15 is 0 Å². The number of carboxylic acids is 1. The third-order valence-electron chi connectivity index (χ3n) is 2.80. The summed E-state index contributed by atoms with van der Waals surface area (Å²) >= 11 is 0. The van der Waals surface area contributed by atoms with Crippen LogP contribution in [0.3, 0.4) is 0 Å². The normalized spacial score (nSPS) is 19.4. The number of hydrogen-bond donors (Lipinski definition) is 1. The third-order valence-corrected chi connectivity index (χ3v) is 2.80. The molecular weight excluding hydrogens is 220 g/mol. The lowest BCUT2D eigenvalue weighted by atomic mass is 10.1. The first-order chi connectivity index (χ1) is 8.25. The number of carboxylic acid groups (broad SMARTS) is 1. The molecule has 4 heteroatoms. The van der Waals surface area contributed by atoms with Gasteiger partial charge in [0.2, 0.25) is 0 Å². The van der Waals surface area contributed by atoms with Crippen LogP contribution >= 0.6 is 0 Å². The van der Waals surface area contributed by atoms with Crippen LogP contribution in [0.1, 0.15) is 28.8 Å². The van der Waals surface area contributed by atoms with Gasteiger partial charge < -0.3 is 14.6 Å². The van der Waals surface area contributed by atoms with E-state index in [0.29, 0.717) is 18.8 Å². The summed E-state index contributed by atoms with van der Waals surface area (Å²) in [4.78, 5) is 10.7. The van der Waals surface area contributed by atoms with Gasteiger partial charge in [0.15, 0.2) is 0 Å². The molecule has 1 N–H and O–H groups in total. The second kappa shape index (κ2) is 5.80. The van der Waals surface area contributed by atoms with Crippen LogP contribution in [0.2, 0.25) is 0 Å². The highest BCUT2D eigenvalue weighted by atomic mass is 16.5. The zero-order chi connectivity index (χ0) is 12.1. The monoisotopic (exact) mass is 236 g/mol. The number of ether oxygens (including phenoxy) is 2. The van der Waals surface area contributed by atoms with Gasteiger partial charge in [0, 0.05) is 6.61 Å². The fraction of sp³-hybridized carbons (Fsp3) is 0.462. The fourth-order valence-corrected chi connectivity index (χ4v) is 1.83. The second-order valence-corrected chi connectivity index (χ2v) is 4.15. The predicted octanol–water partition coefficient (Wildman–Crippen LogP) is 2.08. The van der Waals surface area contributed by atoms with Crippen LogP contribution in [0.4, 0.5) is 0 Å². The first-order valence-electron chi connectivity index (χ1n) is 5.77. The fourth-order valence-electron chi connectivity index (χ4n) is 1.83.